The highest BCUT2D eigenvalue weighted by atomic mass is 19.4. The lowest BCUT2D eigenvalue weighted by atomic mass is 10.0. The number of carboxylic acids is 1. The van der Waals surface area contributed by atoms with E-state index in [1.54, 1.807) is 20.0 Å². The average Bonchev–Trinajstić information content (AvgIpc) is 2.53. The number of aryl methyl sites for hydroxylation is 2. The Hall–Kier alpha value is -1.57. The van der Waals surface area contributed by atoms with Crippen molar-refractivity contribution in [3.05, 3.63) is 17.5 Å². The molecule has 1 atom stereocenters. The van der Waals surface area contributed by atoms with Gasteiger partial charge in [-0.3, -0.25) is 10.00 Å². The number of nitrogens with one attached hydrogen (secondary N) is 1. The summed E-state index contributed by atoms with van der Waals surface area (Å²) in [7, 11) is 1.65. The highest BCUT2D eigenvalue weighted by Gasteiger charge is 2.57. The number of hydrogen-bond donors (Lipinski definition) is 2. The third-order valence-corrected chi connectivity index (χ3v) is 2.78. The number of halogens is 3. The molecule has 1 rings (SSSR count). The van der Waals surface area contributed by atoms with Gasteiger partial charge in [0.2, 0.25) is 5.54 Å². The van der Waals surface area contributed by atoms with Crippen LogP contribution in [0.3, 0.4) is 0 Å². The van der Waals surface area contributed by atoms with E-state index in [0.29, 0.717) is 12.6 Å². The Morgan fingerprint density at radius 1 is 1.56 bits per heavy atom. The van der Waals surface area contributed by atoms with Crippen molar-refractivity contribution < 1.29 is 23.1 Å². The smallest absolute Gasteiger partial charge is 0.417 e. The molecule has 0 aliphatic carbocycles. The normalized spacial score (nSPS) is 15.4. The van der Waals surface area contributed by atoms with Crippen molar-refractivity contribution in [1.29, 1.82) is 0 Å². The van der Waals surface area contributed by atoms with E-state index in [9.17, 15) is 18.0 Å². The van der Waals surface area contributed by atoms with E-state index in [1.807, 2.05) is 5.32 Å². The summed E-state index contributed by atoms with van der Waals surface area (Å²) in [4.78, 5) is 10.8. The quantitative estimate of drug-likeness (QED) is 0.859. The minimum atomic E-state index is -4.89. The van der Waals surface area contributed by atoms with Gasteiger partial charge < -0.3 is 5.11 Å². The number of carbonyl (C=O) groups is 1. The summed E-state index contributed by atoms with van der Waals surface area (Å²) in [6, 6.07) is 1.59. The van der Waals surface area contributed by atoms with Gasteiger partial charge in [-0.15, -0.1) is 0 Å². The van der Waals surface area contributed by atoms with Crippen LogP contribution in [0, 0.1) is 6.92 Å². The highest BCUT2D eigenvalue weighted by Crippen LogP contribution is 2.30. The molecule has 18 heavy (non-hydrogen) atoms. The predicted octanol–water partition coefficient (Wildman–Crippen LogP) is 1.22. The van der Waals surface area contributed by atoms with Crippen LogP contribution in [0.25, 0.3) is 0 Å². The molecule has 0 bridgehead atoms. The molecule has 5 nitrogen and oxygen atoms in total. The first kappa shape index (κ1) is 14.5. The van der Waals surface area contributed by atoms with Crippen LogP contribution in [0.5, 0.6) is 0 Å². The van der Waals surface area contributed by atoms with Crippen molar-refractivity contribution in [2.24, 2.45) is 7.05 Å². The van der Waals surface area contributed by atoms with Gasteiger partial charge in [-0.2, -0.15) is 18.3 Å². The molecule has 0 aliphatic rings. The zero-order valence-corrected chi connectivity index (χ0v) is 10.2. The van der Waals surface area contributed by atoms with Gasteiger partial charge in [0.1, 0.15) is 0 Å². The number of carboxylic acid groups (broad SMARTS) is 1. The standard InChI is InChI=1S/C10H14F3N3O2/c1-6-4-7(15-16(6)3)5-14-9(2,8(17)18)10(11,12)13/h4,14H,5H2,1-3H3,(H,17,18). The molecule has 0 radical (unpaired) electrons. The Morgan fingerprint density at radius 3 is 2.44 bits per heavy atom. The van der Waals surface area contributed by atoms with Gasteiger partial charge in [0.25, 0.3) is 0 Å². The van der Waals surface area contributed by atoms with Crippen LogP contribution in [0.15, 0.2) is 6.07 Å². The summed E-state index contributed by atoms with van der Waals surface area (Å²) in [5.41, 5.74) is -1.86. The molecule has 0 saturated carbocycles. The van der Waals surface area contributed by atoms with Crippen LogP contribution in [0.1, 0.15) is 18.3 Å². The summed E-state index contributed by atoms with van der Waals surface area (Å²) in [5, 5.41) is 14.6. The molecular weight excluding hydrogens is 251 g/mol. The molecule has 102 valence electrons. The first-order valence-electron chi connectivity index (χ1n) is 5.12. The van der Waals surface area contributed by atoms with Crippen LogP contribution < -0.4 is 5.32 Å². The fraction of sp³-hybridized carbons (Fsp3) is 0.600. The summed E-state index contributed by atoms with van der Waals surface area (Å²) in [6.45, 7) is 2.06. The van der Waals surface area contributed by atoms with Crippen molar-refractivity contribution in [2.75, 3.05) is 0 Å². The number of alkyl halides is 3. The Kier molecular flexibility index (Phi) is 3.70. The van der Waals surface area contributed by atoms with Gasteiger partial charge in [-0.05, 0) is 19.9 Å². The van der Waals surface area contributed by atoms with E-state index in [4.69, 9.17) is 5.11 Å². The van der Waals surface area contributed by atoms with Crippen molar-refractivity contribution in [2.45, 2.75) is 32.1 Å². The van der Waals surface area contributed by atoms with Crippen molar-refractivity contribution >= 4 is 5.97 Å². The Morgan fingerprint density at radius 2 is 2.11 bits per heavy atom. The second-order valence-electron chi connectivity index (χ2n) is 4.18. The maximum Gasteiger partial charge on any atom is 0.417 e. The lowest BCUT2D eigenvalue weighted by Gasteiger charge is -2.28. The molecule has 2 N–H and O–H groups in total. The van der Waals surface area contributed by atoms with Crippen LogP contribution in [-0.4, -0.2) is 32.6 Å². The third-order valence-electron chi connectivity index (χ3n) is 2.78. The van der Waals surface area contributed by atoms with E-state index in [1.165, 1.54) is 4.68 Å². The maximum absolute atomic E-state index is 12.7. The first-order chi connectivity index (χ1) is 8.08. The summed E-state index contributed by atoms with van der Waals surface area (Å²) >= 11 is 0. The fourth-order valence-electron chi connectivity index (χ4n) is 1.29. The zero-order valence-electron chi connectivity index (χ0n) is 10.2. The summed E-state index contributed by atoms with van der Waals surface area (Å²) in [5.74, 6) is -1.97. The molecule has 0 saturated heterocycles. The van der Waals surface area contributed by atoms with E-state index in [2.05, 4.69) is 5.10 Å². The zero-order chi connectivity index (χ0) is 14.1. The molecule has 8 heteroatoms. The van der Waals surface area contributed by atoms with Crippen LogP contribution in [0.4, 0.5) is 13.2 Å². The Balaban J connectivity index is 2.84. The number of aromatic nitrogens is 2. The molecule has 0 spiro atoms. The predicted molar refractivity (Wildman–Crippen MR) is 56.9 cm³/mol. The second kappa shape index (κ2) is 4.60. The molecule has 0 aromatic carbocycles. The highest BCUT2D eigenvalue weighted by molar-refractivity contribution is 5.79. The summed E-state index contributed by atoms with van der Waals surface area (Å²) < 4.78 is 39.5. The second-order valence-corrected chi connectivity index (χ2v) is 4.18. The van der Waals surface area contributed by atoms with Crippen molar-refractivity contribution in [3.63, 3.8) is 0 Å². The molecule has 0 fully saturated rings. The Labute approximate surface area is 102 Å². The van der Waals surface area contributed by atoms with Crippen molar-refractivity contribution in [3.8, 4) is 0 Å². The lowest BCUT2D eigenvalue weighted by molar-refractivity contribution is -0.206. The third kappa shape index (κ3) is 2.63. The monoisotopic (exact) mass is 265 g/mol. The minimum absolute atomic E-state index is 0.274. The number of aliphatic carboxylic acids is 1. The van der Waals surface area contributed by atoms with Crippen LogP contribution in [0.2, 0.25) is 0 Å². The molecule has 1 heterocycles. The molecule has 0 amide bonds. The van der Waals surface area contributed by atoms with Gasteiger partial charge in [-0.1, -0.05) is 0 Å². The molecule has 0 aliphatic heterocycles. The largest absolute Gasteiger partial charge is 0.480 e. The topological polar surface area (TPSA) is 67.2 Å². The maximum atomic E-state index is 12.7. The van der Waals surface area contributed by atoms with E-state index < -0.39 is 17.7 Å². The lowest BCUT2D eigenvalue weighted by Crippen LogP contribution is -2.59. The number of nitrogens with zero attached hydrogens (tertiary/aromatic N) is 2. The summed E-state index contributed by atoms with van der Waals surface area (Å²) in [6.07, 6.45) is -4.89. The van der Waals surface area contributed by atoms with Crippen molar-refractivity contribution in [1.82, 2.24) is 15.1 Å². The average molecular weight is 265 g/mol. The van der Waals surface area contributed by atoms with E-state index in [0.717, 1.165) is 5.69 Å². The minimum Gasteiger partial charge on any atom is -0.480 e. The van der Waals surface area contributed by atoms with E-state index in [-0.39, 0.29) is 6.54 Å². The molecular formula is C10H14F3N3O2. The number of hydrogen-bond acceptors (Lipinski definition) is 3. The Bertz CT molecular complexity index is 436. The van der Waals surface area contributed by atoms with Crippen LogP contribution in [-0.2, 0) is 18.4 Å². The van der Waals surface area contributed by atoms with Gasteiger partial charge >= 0.3 is 12.1 Å². The van der Waals surface area contributed by atoms with E-state index >= 15 is 0 Å². The van der Waals surface area contributed by atoms with Gasteiger partial charge in [-0.25, -0.2) is 4.79 Å². The first-order valence-corrected chi connectivity index (χ1v) is 5.12. The number of rotatable bonds is 4. The molecule has 1 unspecified atom stereocenters. The SMILES string of the molecule is Cc1cc(CNC(C)(C(=O)O)C(F)(F)F)nn1C. The van der Waals surface area contributed by atoms with Gasteiger partial charge in [0.05, 0.1) is 5.69 Å². The van der Waals surface area contributed by atoms with Gasteiger partial charge in [0.15, 0.2) is 0 Å². The van der Waals surface area contributed by atoms with Crippen LogP contribution >= 0.6 is 0 Å². The van der Waals surface area contributed by atoms with Gasteiger partial charge in [0, 0.05) is 19.3 Å². The molecule has 1 aromatic heterocycles. The fourth-order valence-corrected chi connectivity index (χ4v) is 1.29. The molecule has 1 aromatic rings.